The number of rotatable bonds is 3. The fourth-order valence-electron chi connectivity index (χ4n) is 1.30. The molecule has 0 heterocycles. The molecule has 0 radical (unpaired) electrons. The van der Waals surface area contributed by atoms with Gasteiger partial charge in [0.05, 0.1) is 6.54 Å². The van der Waals surface area contributed by atoms with Crippen LogP contribution in [-0.2, 0) is 6.54 Å². The third-order valence-corrected chi connectivity index (χ3v) is 2.75. The van der Waals surface area contributed by atoms with Crippen molar-refractivity contribution in [1.29, 1.82) is 5.41 Å². The van der Waals surface area contributed by atoms with Crippen molar-refractivity contribution in [2.45, 2.75) is 13.5 Å². The number of nitrogens with zero attached hydrogens (tertiary/aromatic N) is 2. The Bertz CT molecular complexity index is 412. The molecule has 0 unspecified atom stereocenters. The lowest BCUT2D eigenvalue weighted by Crippen LogP contribution is -2.45. The first-order valence-electron chi connectivity index (χ1n) is 5.20. The number of nitrogens with two attached hydrogens (primary N) is 2. The molecule has 0 aromatic heterocycles. The zero-order chi connectivity index (χ0) is 12.8. The predicted molar refractivity (Wildman–Crippen MR) is 73.8 cm³/mol. The number of hydrogen-bond donors (Lipinski definition) is 3. The molecule has 0 saturated heterocycles. The molecule has 0 fully saturated rings. The smallest absolute Gasteiger partial charge is 0.198 e. The molecule has 0 aliphatic heterocycles. The molecule has 0 aliphatic rings. The Labute approximate surface area is 109 Å². The number of guanidine groups is 2. The van der Waals surface area contributed by atoms with Gasteiger partial charge in [-0.3, -0.25) is 10.3 Å². The van der Waals surface area contributed by atoms with Crippen LogP contribution in [0.5, 0.6) is 0 Å². The Hall–Kier alpha value is -1.56. The first kappa shape index (κ1) is 13.5. The van der Waals surface area contributed by atoms with Crippen molar-refractivity contribution in [2.75, 3.05) is 6.54 Å². The molecule has 17 heavy (non-hydrogen) atoms. The summed E-state index contributed by atoms with van der Waals surface area (Å²) in [5, 5.41) is 7.33. The molecule has 5 nitrogen and oxygen atoms in total. The minimum absolute atomic E-state index is 0.0930. The first-order valence-corrected chi connectivity index (χ1v) is 5.99. The summed E-state index contributed by atoms with van der Waals surface area (Å²) in [6.45, 7) is 2.87. The Morgan fingerprint density at radius 1 is 1.35 bits per heavy atom. The van der Waals surface area contributed by atoms with E-state index in [9.17, 15) is 0 Å². The second kappa shape index (κ2) is 6.24. The van der Waals surface area contributed by atoms with Crippen molar-refractivity contribution in [3.8, 4) is 0 Å². The van der Waals surface area contributed by atoms with E-state index in [0.717, 1.165) is 10.0 Å². The van der Waals surface area contributed by atoms with Crippen LogP contribution in [0.3, 0.4) is 0 Å². The minimum atomic E-state index is -0.0930. The summed E-state index contributed by atoms with van der Waals surface area (Å²) in [7, 11) is 0. The predicted octanol–water partition coefficient (Wildman–Crippen LogP) is 1.48. The summed E-state index contributed by atoms with van der Waals surface area (Å²) < 4.78 is 1.03. The van der Waals surface area contributed by atoms with Gasteiger partial charge >= 0.3 is 0 Å². The van der Waals surface area contributed by atoms with Gasteiger partial charge < -0.3 is 11.5 Å². The average molecular weight is 298 g/mol. The van der Waals surface area contributed by atoms with Crippen molar-refractivity contribution < 1.29 is 0 Å². The van der Waals surface area contributed by atoms with Gasteiger partial charge in [0.2, 0.25) is 0 Å². The second-order valence-electron chi connectivity index (χ2n) is 3.43. The molecule has 92 valence electrons. The van der Waals surface area contributed by atoms with E-state index in [1.54, 1.807) is 0 Å². The number of hydrogen-bond acceptors (Lipinski definition) is 2. The van der Waals surface area contributed by atoms with E-state index in [2.05, 4.69) is 20.9 Å². The van der Waals surface area contributed by atoms with Crippen molar-refractivity contribution in [1.82, 2.24) is 4.90 Å². The SMILES string of the molecule is CCN(C(=N)N)C(N)=NCc1ccc(Br)cc1. The number of nitrogens with one attached hydrogen (secondary N) is 1. The second-order valence-corrected chi connectivity index (χ2v) is 4.35. The maximum atomic E-state index is 7.33. The lowest BCUT2D eigenvalue weighted by molar-refractivity contribution is 0.618. The van der Waals surface area contributed by atoms with Crippen LogP contribution in [0, 0.1) is 5.41 Å². The van der Waals surface area contributed by atoms with Crippen LogP contribution in [0.1, 0.15) is 12.5 Å². The van der Waals surface area contributed by atoms with E-state index in [1.807, 2.05) is 31.2 Å². The van der Waals surface area contributed by atoms with E-state index >= 15 is 0 Å². The zero-order valence-electron chi connectivity index (χ0n) is 9.65. The minimum Gasteiger partial charge on any atom is -0.370 e. The fourth-order valence-corrected chi connectivity index (χ4v) is 1.57. The fraction of sp³-hybridized carbons (Fsp3) is 0.273. The molecule has 0 saturated carbocycles. The third kappa shape index (κ3) is 4.07. The summed E-state index contributed by atoms with van der Waals surface area (Å²) in [5.74, 6) is 0.174. The van der Waals surface area contributed by atoms with E-state index < -0.39 is 0 Å². The van der Waals surface area contributed by atoms with E-state index in [-0.39, 0.29) is 11.9 Å². The van der Waals surface area contributed by atoms with Gasteiger partial charge in [0.1, 0.15) is 0 Å². The van der Waals surface area contributed by atoms with Crippen molar-refractivity contribution in [3.05, 3.63) is 34.3 Å². The van der Waals surface area contributed by atoms with Gasteiger partial charge in [-0.25, -0.2) is 4.99 Å². The molecule has 1 aromatic rings. The molecule has 5 N–H and O–H groups in total. The highest BCUT2D eigenvalue weighted by Crippen LogP contribution is 2.11. The zero-order valence-corrected chi connectivity index (χ0v) is 11.2. The lowest BCUT2D eigenvalue weighted by Gasteiger charge is -2.19. The average Bonchev–Trinajstić information content (AvgIpc) is 2.28. The van der Waals surface area contributed by atoms with Crippen molar-refractivity contribution >= 4 is 27.8 Å². The van der Waals surface area contributed by atoms with Crippen LogP contribution in [0.4, 0.5) is 0 Å². The van der Waals surface area contributed by atoms with Gasteiger partial charge in [0.25, 0.3) is 0 Å². The molecule has 0 bridgehead atoms. The third-order valence-electron chi connectivity index (χ3n) is 2.22. The Morgan fingerprint density at radius 3 is 2.41 bits per heavy atom. The van der Waals surface area contributed by atoms with E-state index in [4.69, 9.17) is 16.9 Å². The van der Waals surface area contributed by atoms with Crippen LogP contribution >= 0.6 is 15.9 Å². The van der Waals surface area contributed by atoms with E-state index in [1.165, 1.54) is 4.90 Å². The normalized spacial score (nSPS) is 11.3. The van der Waals surface area contributed by atoms with E-state index in [0.29, 0.717) is 13.1 Å². The standard InChI is InChI=1S/C11H16BrN5/c1-2-17(10(13)14)11(15)16-7-8-3-5-9(12)6-4-8/h3-6H,2,7H2,1H3,(H3,13,14)(H2,15,16). The number of halogens is 1. The van der Waals surface area contributed by atoms with Crippen LogP contribution < -0.4 is 11.5 Å². The monoisotopic (exact) mass is 297 g/mol. The largest absolute Gasteiger partial charge is 0.370 e. The van der Waals surface area contributed by atoms with Gasteiger partial charge in [-0.05, 0) is 24.6 Å². The quantitative estimate of drug-likeness (QED) is 0.583. The molecule has 0 spiro atoms. The number of aliphatic imine (C=N–C) groups is 1. The maximum Gasteiger partial charge on any atom is 0.198 e. The summed E-state index contributed by atoms with van der Waals surface area (Å²) in [6, 6.07) is 7.82. The molecule has 1 rings (SSSR count). The molecule has 0 atom stereocenters. The van der Waals surface area contributed by atoms with Crippen molar-refractivity contribution in [2.24, 2.45) is 16.5 Å². The molecule has 6 heteroatoms. The van der Waals surface area contributed by atoms with Gasteiger partial charge in [0.15, 0.2) is 11.9 Å². The van der Waals surface area contributed by atoms with Gasteiger partial charge in [-0.2, -0.15) is 0 Å². The maximum absolute atomic E-state index is 7.33. The highest BCUT2D eigenvalue weighted by molar-refractivity contribution is 9.10. The Kier molecular flexibility index (Phi) is 4.96. The Balaban J connectivity index is 2.70. The van der Waals surface area contributed by atoms with Crippen LogP contribution in [0.15, 0.2) is 33.7 Å². The van der Waals surface area contributed by atoms with Crippen LogP contribution in [0.2, 0.25) is 0 Å². The summed E-state index contributed by atoms with van der Waals surface area (Å²) in [6.07, 6.45) is 0. The molecule has 0 amide bonds. The van der Waals surface area contributed by atoms with Gasteiger partial charge in [-0.1, -0.05) is 28.1 Å². The highest BCUT2D eigenvalue weighted by Gasteiger charge is 2.07. The summed E-state index contributed by atoms with van der Waals surface area (Å²) in [4.78, 5) is 5.64. The summed E-state index contributed by atoms with van der Waals surface area (Å²) >= 11 is 3.37. The topological polar surface area (TPSA) is 91.5 Å². The van der Waals surface area contributed by atoms with Gasteiger partial charge in [-0.15, -0.1) is 0 Å². The number of benzene rings is 1. The first-order chi connectivity index (χ1) is 8.04. The molecular weight excluding hydrogens is 282 g/mol. The van der Waals surface area contributed by atoms with Crippen LogP contribution in [0.25, 0.3) is 0 Å². The van der Waals surface area contributed by atoms with Gasteiger partial charge in [0, 0.05) is 11.0 Å². The van der Waals surface area contributed by atoms with Crippen molar-refractivity contribution in [3.63, 3.8) is 0 Å². The van der Waals surface area contributed by atoms with Crippen LogP contribution in [-0.4, -0.2) is 23.4 Å². The Morgan fingerprint density at radius 2 is 1.94 bits per heavy atom. The molecular formula is C11H16BrN5. The summed E-state index contributed by atoms with van der Waals surface area (Å²) in [5.41, 5.74) is 12.2. The highest BCUT2D eigenvalue weighted by atomic mass is 79.9. The lowest BCUT2D eigenvalue weighted by atomic mass is 10.2. The molecule has 1 aromatic carbocycles. The molecule has 0 aliphatic carbocycles.